The van der Waals surface area contributed by atoms with Crippen LogP contribution in [0, 0.1) is 5.41 Å². The first-order valence-corrected chi connectivity index (χ1v) is 11.0. The van der Waals surface area contributed by atoms with Crippen molar-refractivity contribution >= 4 is 51.0 Å². The van der Waals surface area contributed by atoms with Crippen molar-refractivity contribution in [3.8, 4) is 0 Å². The van der Waals surface area contributed by atoms with Crippen LogP contribution >= 0.6 is 11.8 Å². The molecular weight excluding hydrogens is 406 g/mol. The summed E-state index contributed by atoms with van der Waals surface area (Å²) < 4.78 is 2.27. The molecule has 1 aromatic heterocycles. The highest BCUT2D eigenvalue weighted by molar-refractivity contribution is 8.00. The van der Waals surface area contributed by atoms with Gasteiger partial charge in [-0.3, -0.25) is 10.2 Å². The minimum Gasteiger partial charge on any atom is -0.341 e. The number of rotatable bonds is 6. The molecule has 2 N–H and O–H groups in total. The van der Waals surface area contributed by atoms with Gasteiger partial charge >= 0.3 is 0 Å². The molecule has 0 atom stereocenters. The van der Waals surface area contributed by atoms with E-state index in [-0.39, 0.29) is 11.7 Å². The summed E-state index contributed by atoms with van der Waals surface area (Å²) in [6.07, 6.45) is 0. The van der Waals surface area contributed by atoms with Crippen LogP contribution in [0.4, 0.5) is 5.69 Å². The number of carbonyl (C=O) groups is 1. The minimum atomic E-state index is -0.150. The number of hydrogen-bond donors (Lipinski definition) is 2. The van der Waals surface area contributed by atoms with Gasteiger partial charge in [-0.1, -0.05) is 24.3 Å². The Morgan fingerprint density at radius 3 is 2.52 bits per heavy atom. The van der Waals surface area contributed by atoms with E-state index in [9.17, 15) is 4.79 Å². The third-order valence-corrected chi connectivity index (χ3v) is 6.08. The SMILES string of the molecule is CCn1c2ccccc2c2ccc(NC(=O)c3ccc(SCC(=N)N=NC)cc3)cc21. The summed E-state index contributed by atoms with van der Waals surface area (Å²) in [5, 5.41) is 20.4. The highest BCUT2D eigenvalue weighted by atomic mass is 32.2. The van der Waals surface area contributed by atoms with E-state index >= 15 is 0 Å². The van der Waals surface area contributed by atoms with Gasteiger partial charge < -0.3 is 9.88 Å². The molecule has 0 spiro atoms. The largest absolute Gasteiger partial charge is 0.341 e. The third-order valence-electron chi connectivity index (χ3n) is 5.06. The molecule has 3 aromatic carbocycles. The van der Waals surface area contributed by atoms with E-state index < -0.39 is 0 Å². The zero-order valence-electron chi connectivity index (χ0n) is 17.4. The summed E-state index contributed by atoms with van der Waals surface area (Å²) in [5.74, 6) is 0.505. The van der Waals surface area contributed by atoms with Crippen LogP contribution < -0.4 is 5.32 Å². The number of thioether (sulfide) groups is 1. The Morgan fingerprint density at radius 2 is 1.77 bits per heavy atom. The molecule has 7 heteroatoms. The number of carbonyl (C=O) groups excluding carboxylic acids is 1. The quantitative estimate of drug-likeness (QED) is 0.165. The lowest BCUT2D eigenvalue weighted by atomic mass is 10.1. The number of amidine groups is 1. The third kappa shape index (κ3) is 4.36. The van der Waals surface area contributed by atoms with Gasteiger partial charge in [0.05, 0.1) is 11.3 Å². The van der Waals surface area contributed by atoms with E-state index in [4.69, 9.17) is 5.41 Å². The second kappa shape index (κ2) is 9.14. The van der Waals surface area contributed by atoms with Gasteiger partial charge in [-0.25, -0.2) is 0 Å². The van der Waals surface area contributed by atoms with Crippen LogP contribution in [-0.4, -0.2) is 29.1 Å². The maximum atomic E-state index is 12.8. The van der Waals surface area contributed by atoms with Gasteiger partial charge in [0.25, 0.3) is 5.91 Å². The number of nitrogens with zero attached hydrogens (tertiary/aromatic N) is 3. The molecule has 0 aliphatic rings. The summed E-state index contributed by atoms with van der Waals surface area (Å²) in [7, 11) is 1.55. The number of aryl methyl sites for hydroxylation is 1. The number of anilines is 1. The summed E-state index contributed by atoms with van der Waals surface area (Å²) in [4.78, 5) is 13.7. The zero-order chi connectivity index (χ0) is 21.8. The number of benzene rings is 3. The van der Waals surface area contributed by atoms with Crippen LogP contribution in [0.3, 0.4) is 0 Å². The van der Waals surface area contributed by atoms with Gasteiger partial charge in [-0.05, 0) is 49.4 Å². The maximum absolute atomic E-state index is 12.8. The number of amides is 1. The number of aromatic nitrogens is 1. The Bertz CT molecular complexity index is 1290. The predicted octanol–water partition coefficient (Wildman–Crippen LogP) is 6.22. The summed E-state index contributed by atoms with van der Waals surface area (Å²) in [5.41, 5.74) is 3.67. The van der Waals surface area contributed by atoms with Gasteiger partial charge in [0.1, 0.15) is 0 Å². The van der Waals surface area contributed by atoms with E-state index in [0.29, 0.717) is 11.3 Å². The van der Waals surface area contributed by atoms with Crippen molar-refractivity contribution in [3.05, 3.63) is 72.3 Å². The van der Waals surface area contributed by atoms with Crippen molar-refractivity contribution < 1.29 is 4.79 Å². The van der Waals surface area contributed by atoms with Crippen LogP contribution in [0.1, 0.15) is 17.3 Å². The van der Waals surface area contributed by atoms with E-state index in [0.717, 1.165) is 22.6 Å². The van der Waals surface area contributed by atoms with E-state index in [1.54, 1.807) is 19.2 Å². The Hall–Kier alpha value is -3.45. The molecular formula is C24H23N5OS. The second-order valence-electron chi connectivity index (χ2n) is 7.01. The number of azo groups is 1. The molecule has 0 aliphatic carbocycles. The fourth-order valence-electron chi connectivity index (χ4n) is 3.67. The Labute approximate surface area is 184 Å². The Kier molecular flexibility index (Phi) is 6.13. The molecule has 0 saturated heterocycles. The Balaban J connectivity index is 1.52. The molecule has 0 unspecified atom stereocenters. The minimum absolute atomic E-state index is 0.150. The van der Waals surface area contributed by atoms with Gasteiger partial charge in [0.2, 0.25) is 0 Å². The zero-order valence-corrected chi connectivity index (χ0v) is 18.2. The molecule has 0 fully saturated rings. The number of fused-ring (bicyclic) bond motifs is 3. The van der Waals surface area contributed by atoms with Crippen LogP contribution in [-0.2, 0) is 6.54 Å². The Morgan fingerprint density at radius 1 is 1.03 bits per heavy atom. The highest BCUT2D eigenvalue weighted by Crippen LogP contribution is 2.31. The van der Waals surface area contributed by atoms with Gasteiger partial charge in [-0.15, -0.1) is 16.9 Å². The summed E-state index contributed by atoms with van der Waals surface area (Å²) in [6.45, 7) is 2.99. The topological polar surface area (TPSA) is 82.6 Å². The molecule has 4 rings (SSSR count). The van der Waals surface area contributed by atoms with Gasteiger partial charge in [0.15, 0.2) is 5.84 Å². The molecule has 0 radical (unpaired) electrons. The molecule has 1 amide bonds. The lowest BCUT2D eigenvalue weighted by molar-refractivity contribution is 0.102. The van der Waals surface area contributed by atoms with Crippen LogP contribution in [0.15, 0.2) is 81.9 Å². The fourth-order valence-corrected chi connectivity index (χ4v) is 4.36. The van der Waals surface area contributed by atoms with Crippen LogP contribution in [0.2, 0.25) is 0 Å². The van der Waals surface area contributed by atoms with Crippen LogP contribution in [0.25, 0.3) is 21.8 Å². The fraction of sp³-hybridized carbons (Fsp3) is 0.167. The number of hydrogen-bond acceptors (Lipinski definition) is 4. The monoisotopic (exact) mass is 429 g/mol. The molecule has 0 aliphatic heterocycles. The molecule has 0 bridgehead atoms. The first kappa shape index (κ1) is 20.8. The maximum Gasteiger partial charge on any atom is 0.255 e. The summed E-state index contributed by atoms with van der Waals surface area (Å²) in [6, 6.07) is 21.8. The molecule has 156 valence electrons. The average Bonchev–Trinajstić information content (AvgIpc) is 3.11. The number of nitrogens with one attached hydrogen (secondary N) is 2. The van der Waals surface area contributed by atoms with Crippen molar-refractivity contribution in [2.45, 2.75) is 18.4 Å². The molecule has 31 heavy (non-hydrogen) atoms. The van der Waals surface area contributed by atoms with Crippen molar-refractivity contribution in [1.29, 1.82) is 5.41 Å². The van der Waals surface area contributed by atoms with Crippen molar-refractivity contribution in [2.75, 3.05) is 18.1 Å². The smallest absolute Gasteiger partial charge is 0.255 e. The first-order chi connectivity index (χ1) is 15.1. The van der Waals surface area contributed by atoms with Gasteiger partial charge in [0, 0.05) is 46.0 Å². The predicted molar refractivity (Wildman–Crippen MR) is 129 cm³/mol. The van der Waals surface area contributed by atoms with Crippen molar-refractivity contribution in [3.63, 3.8) is 0 Å². The lowest BCUT2D eigenvalue weighted by Crippen LogP contribution is -2.11. The average molecular weight is 430 g/mol. The van der Waals surface area contributed by atoms with E-state index in [1.807, 2.05) is 24.3 Å². The standard InChI is InChI=1S/C24H23N5OS/c1-3-29-21-7-5-4-6-19(21)20-13-10-17(14-22(20)29)27-24(30)16-8-11-18(12-9-16)31-15-23(25)28-26-2/h4-14,25H,3,15H2,1-2H3,(H,27,30). The highest BCUT2D eigenvalue weighted by Gasteiger charge is 2.12. The molecule has 1 heterocycles. The second-order valence-corrected chi connectivity index (χ2v) is 8.06. The van der Waals surface area contributed by atoms with Gasteiger partial charge in [-0.2, -0.15) is 5.11 Å². The van der Waals surface area contributed by atoms with E-state index in [1.165, 1.54) is 28.1 Å². The van der Waals surface area contributed by atoms with E-state index in [2.05, 4.69) is 57.4 Å². The molecule has 0 saturated carbocycles. The number of para-hydroxylation sites is 1. The molecule has 4 aromatic rings. The van der Waals surface area contributed by atoms with Crippen molar-refractivity contribution in [1.82, 2.24) is 4.57 Å². The van der Waals surface area contributed by atoms with Crippen molar-refractivity contribution in [2.24, 2.45) is 10.2 Å². The lowest BCUT2D eigenvalue weighted by Gasteiger charge is -2.08. The molecule has 6 nitrogen and oxygen atoms in total. The normalized spacial score (nSPS) is 11.4. The van der Waals surface area contributed by atoms with Crippen LogP contribution in [0.5, 0.6) is 0 Å². The first-order valence-electron chi connectivity index (χ1n) is 10.0. The summed E-state index contributed by atoms with van der Waals surface area (Å²) >= 11 is 1.49.